The summed E-state index contributed by atoms with van der Waals surface area (Å²) in [6.45, 7) is 0. The minimum Gasteiger partial charge on any atom is -0.476 e. The number of carboxylic acids is 1. The molecule has 0 amide bonds. The molecule has 0 aromatic carbocycles. The molecule has 0 aliphatic carbocycles. The van der Waals surface area contributed by atoms with E-state index >= 15 is 0 Å². The van der Waals surface area contributed by atoms with Gasteiger partial charge in [0, 0.05) is 6.20 Å². The first-order valence-electron chi connectivity index (χ1n) is 2.74. The van der Waals surface area contributed by atoms with Gasteiger partial charge < -0.3 is 5.11 Å². The van der Waals surface area contributed by atoms with Crippen LogP contribution in [0, 0.1) is 0 Å². The number of aromatic nitrogens is 2. The van der Waals surface area contributed by atoms with Gasteiger partial charge in [0.25, 0.3) is 0 Å². The van der Waals surface area contributed by atoms with Crippen molar-refractivity contribution in [2.24, 2.45) is 0 Å². The maximum Gasteiger partial charge on any atom is 0.355 e. The van der Waals surface area contributed by atoms with Crippen molar-refractivity contribution in [3.63, 3.8) is 0 Å². The number of nitrogens with zero attached hydrogens (tertiary/aromatic N) is 2. The topological polar surface area (TPSA) is 80.2 Å². The average Bonchev–Trinajstić information content (AvgIpc) is 2.04. The number of aldehydes is 1. The number of aromatic carboxylic acids is 1. The third kappa shape index (κ3) is 1.37. The van der Waals surface area contributed by atoms with Gasteiger partial charge in [-0.3, -0.25) is 4.79 Å². The summed E-state index contributed by atoms with van der Waals surface area (Å²) in [5.41, 5.74) is -0.282. The fourth-order valence-corrected chi connectivity index (χ4v) is 0.605. The fourth-order valence-electron chi connectivity index (χ4n) is 0.605. The van der Waals surface area contributed by atoms with E-state index in [0.29, 0.717) is 6.29 Å². The molecule has 0 unspecified atom stereocenters. The molecular formula is C6H4N2O3. The van der Waals surface area contributed by atoms with Gasteiger partial charge in [0.2, 0.25) is 0 Å². The van der Waals surface area contributed by atoms with Crippen LogP contribution in [0.1, 0.15) is 20.8 Å². The van der Waals surface area contributed by atoms with Crippen LogP contribution in [0.2, 0.25) is 0 Å². The Bertz CT molecular complexity index is 298. The Morgan fingerprint density at radius 2 is 2.36 bits per heavy atom. The zero-order valence-corrected chi connectivity index (χ0v) is 5.39. The number of hydrogen-bond acceptors (Lipinski definition) is 4. The minimum atomic E-state index is -1.23. The molecule has 0 aliphatic heterocycles. The first-order chi connectivity index (χ1) is 5.25. The van der Waals surface area contributed by atoms with Crippen LogP contribution in [0.15, 0.2) is 12.5 Å². The van der Waals surface area contributed by atoms with E-state index in [1.807, 2.05) is 0 Å². The lowest BCUT2D eigenvalue weighted by Crippen LogP contribution is -2.05. The Morgan fingerprint density at radius 3 is 2.82 bits per heavy atom. The van der Waals surface area contributed by atoms with Crippen LogP contribution >= 0.6 is 0 Å². The van der Waals surface area contributed by atoms with E-state index < -0.39 is 5.97 Å². The molecule has 1 aromatic rings. The SMILES string of the molecule is O=Cc1cncnc1C(=O)O. The van der Waals surface area contributed by atoms with Crippen molar-refractivity contribution < 1.29 is 14.7 Å². The second kappa shape index (κ2) is 2.87. The molecule has 0 fully saturated rings. The van der Waals surface area contributed by atoms with Gasteiger partial charge in [-0.2, -0.15) is 0 Å². The van der Waals surface area contributed by atoms with E-state index in [9.17, 15) is 9.59 Å². The van der Waals surface area contributed by atoms with Crippen LogP contribution in [0.4, 0.5) is 0 Å². The van der Waals surface area contributed by atoms with Crippen molar-refractivity contribution in [2.45, 2.75) is 0 Å². The second-order valence-corrected chi connectivity index (χ2v) is 1.75. The molecule has 1 rings (SSSR count). The van der Waals surface area contributed by atoms with E-state index in [-0.39, 0.29) is 11.3 Å². The summed E-state index contributed by atoms with van der Waals surface area (Å²) >= 11 is 0. The van der Waals surface area contributed by atoms with Gasteiger partial charge in [-0.1, -0.05) is 0 Å². The molecule has 0 bridgehead atoms. The lowest BCUT2D eigenvalue weighted by molar-refractivity contribution is 0.0687. The molecule has 1 aromatic heterocycles. The molecule has 0 saturated carbocycles. The van der Waals surface area contributed by atoms with Crippen molar-refractivity contribution in [3.8, 4) is 0 Å². The van der Waals surface area contributed by atoms with Crippen molar-refractivity contribution in [3.05, 3.63) is 23.8 Å². The van der Waals surface area contributed by atoms with Crippen LogP contribution in [-0.2, 0) is 0 Å². The number of carboxylic acid groups (broad SMARTS) is 1. The highest BCUT2D eigenvalue weighted by Gasteiger charge is 2.09. The molecule has 0 atom stereocenters. The van der Waals surface area contributed by atoms with Crippen LogP contribution in [0.5, 0.6) is 0 Å². The molecule has 1 heterocycles. The maximum atomic E-state index is 10.3. The lowest BCUT2D eigenvalue weighted by atomic mass is 10.2. The fraction of sp³-hybridized carbons (Fsp3) is 0. The van der Waals surface area contributed by atoms with Gasteiger partial charge in [-0.25, -0.2) is 14.8 Å². The van der Waals surface area contributed by atoms with Gasteiger partial charge in [0.1, 0.15) is 6.33 Å². The molecule has 5 nitrogen and oxygen atoms in total. The molecule has 1 N–H and O–H groups in total. The molecule has 0 radical (unpaired) electrons. The van der Waals surface area contributed by atoms with E-state index in [0.717, 1.165) is 12.5 Å². The van der Waals surface area contributed by atoms with Gasteiger partial charge in [0.15, 0.2) is 12.0 Å². The summed E-state index contributed by atoms with van der Waals surface area (Å²) in [6, 6.07) is 0. The highest BCUT2D eigenvalue weighted by atomic mass is 16.4. The number of carbonyl (C=O) groups is 2. The molecule has 5 heteroatoms. The molecule has 56 valence electrons. The summed E-state index contributed by atoms with van der Waals surface area (Å²) in [5.74, 6) is -1.23. The van der Waals surface area contributed by atoms with Crippen LogP contribution in [0.3, 0.4) is 0 Å². The monoisotopic (exact) mass is 152 g/mol. The smallest absolute Gasteiger partial charge is 0.355 e. The van der Waals surface area contributed by atoms with Gasteiger partial charge in [-0.05, 0) is 0 Å². The summed E-state index contributed by atoms with van der Waals surface area (Å²) in [6.07, 6.45) is 2.64. The summed E-state index contributed by atoms with van der Waals surface area (Å²) in [5, 5.41) is 8.45. The van der Waals surface area contributed by atoms with Gasteiger partial charge in [-0.15, -0.1) is 0 Å². The van der Waals surface area contributed by atoms with Crippen LogP contribution < -0.4 is 0 Å². The van der Waals surface area contributed by atoms with Gasteiger partial charge >= 0.3 is 5.97 Å². The highest BCUT2D eigenvalue weighted by molar-refractivity contribution is 5.94. The summed E-state index contributed by atoms with van der Waals surface area (Å²) < 4.78 is 0. The molecule has 0 spiro atoms. The summed E-state index contributed by atoms with van der Waals surface area (Å²) in [4.78, 5) is 27.4. The number of rotatable bonds is 2. The van der Waals surface area contributed by atoms with E-state index in [2.05, 4.69) is 9.97 Å². The zero-order chi connectivity index (χ0) is 8.27. The summed E-state index contributed by atoms with van der Waals surface area (Å²) in [7, 11) is 0. The van der Waals surface area contributed by atoms with Crippen LogP contribution in [0.25, 0.3) is 0 Å². The third-order valence-electron chi connectivity index (χ3n) is 1.07. The second-order valence-electron chi connectivity index (χ2n) is 1.75. The standard InChI is InChI=1S/C6H4N2O3/c9-2-4-1-7-3-8-5(4)6(10)11/h1-3H,(H,10,11). The Labute approximate surface area is 61.7 Å². The zero-order valence-electron chi connectivity index (χ0n) is 5.39. The Hall–Kier alpha value is -1.78. The van der Waals surface area contributed by atoms with Crippen molar-refractivity contribution in [2.75, 3.05) is 0 Å². The predicted molar refractivity (Wildman–Crippen MR) is 34.4 cm³/mol. The minimum absolute atomic E-state index is 0.0139. The molecule has 0 aliphatic rings. The highest BCUT2D eigenvalue weighted by Crippen LogP contribution is 1.98. The quantitative estimate of drug-likeness (QED) is 0.602. The van der Waals surface area contributed by atoms with E-state index in [1.165, 1.54) is 0 Å². The molecular weight excluding hydrogens is 148 g/mol. The van der Waals surface area contributed by atoms with Crippen molar-refractivity contribution in [1.29, 1.82) is 0 Å². The third-order valence-corrected chi connectivity index (χ3v) is 1.07. The van der Waals surface area contributed by atoms with Gasteiger partial charge in [0.05, 0.1) is 5.56 Å². The largest absolute Gasteiger partial charge is 0.476 e. The Balaban J connectivity index is 3.22. The van der Waals surface area contributed by atoms with E-state index in [1.54, 1.807) is 0 Å². The number of hydrogen-bond donors (Lipinski definition) is 1. The van der Waals surface area contributed by atoms with Crippen molar-refractivity contribution >= 4 is 12.3 Å². The first-order valence-corrected chi connectivity index (χ1v) is 2.74. The lowest BCUT2D eigenvalue weighted by Gasteiger charge is -1.93. The molecule has 11 heavy (non-hydrogen) atoms. The number of carbonyl (C=O) groups excluding carboxylic acids is 1. The Kier molecular flexibility index (Phi) is 1.91. The average molecular weight is 152 g/mol. The maximum absolute atomic E-state index is 10.3. The predicted octanol–water partition coefficient (Wildman–Crippen LogP) is -0.0127. The van der Waals surface area contributed by atoms with E-state index in [4.69, 9.17) is 5.11 Å². The normalized spacial score (nSPS) is 9.09. The van der Waals surface area contributed by atoms with Crippen LogP contribution in [-0.4, -0.2) is 27.3 Å². The van der Waals surface area contributed by atoms with Crippen molar-refractivity contribution in [1.82, 2.24) is 9.97 Å². The first kappa shape index (κ1) is 7.33. The Morgan fingerprint density at radius 1 is 1.64 bits per heavy atom. The molecule has 0 saturated heterocycles.